The molecular formula is C19H23NO4. The van der Waals surface area contributed by atoms with Crippen LogP contribution in [0, 0.1) is 12.8 Å². The van der Waals surface area contributed by atoms with E-state index in [-0.39, 0.29) is 11.5 Å². The number of hydrogen-bond acceptors (Lipinski definition) is 4. The van der Waals surface area contributed by atoms with Gasteiger partial charge in [-0.2, -0.15) is 0 Å². The summed E-state index contributed by atoms with van der Waals surface area (Å²) in [5.41, 5.74) is 0.951. The Kier molecular flexibility index (Phi) is 4.60. The lowest BCUT2D eigenvalue weighted by atomic mass is 9.99. The van der Waals surface area contributed by atoms with E-state index in [0.29, 0.717) is 17.3 Å². The van der Waals surface area contributed by atoms with E-state index in [0.717, 1.165) is 36.9 Å². The van der Waals surface area contributed by atoms with Crippen molar-refractivity contribution in [1.29, 1.82) is 0 Å². The zero-order valence-electron chi connectivity index (χ0n) is 14.4. The van der Waals surface area contributed by atoms with E-state index < -0.39 is 6.10 Å². The van der Waals surface area contributed by atoms with Crippen LogP contribution in [0.3, 0.4) is 0 Å². The molecule has 0 spiro atoms. The molecule has 1 unspecified atom stereocenters. The van der Waals surface area contributed by atoms with Crippen LogP contribution in [0.25, 0.3) is 11.0 Å². The maximum Gasteiger partial charge on any atom is 0.336 e. The number of amides is 1. The number of likely N-dealkylation sites (tertiary alicyclic amines) is 1. The molecule has 5 nitrogen and oxygen atoms in total. The van der Waals surface area contributed by atoms with Gasteiger partial charge in [-0.25, -0.2) is 4.79 Å². The standard InChI is InChI=1S/C19H23NO4/c1-12-6-8-20(9-7-12)19(22)14(3)23-15-4-5-16-13(2)10-18(21)24-17(16)11-15/h4-5,10-12,14H,6-9H2,1-3H3. The summed E-state index contributed by atoms with van der Waals surface area (Å²) < 4.78 is 11.0. The predicted octanol–water partition coefficient (Wildman–Crippen LogP) is 3.13. The predicted molar refractivity (Wildman–Crippen MR) is 92.3 cm³/mol. The lowest BCUT2D eigenvalue weighted by Crippen LogP contribution is -2.44. The fraction of sp³-hybridized carbons (Fsp3) is 0.474. The van der Waals surface area contributed by atoms with E-state index in [2.05, 4.69) is 6.92 Å². The second-order valence-electron chi connectivity index (χ2n) is 6.67. The minimum atomic E-state index is -0.563. The maximum absolute atomic E-state index is 12.5. The van der Waals surface area contributed by atoms with Crippen LogP contribution in [-0.2, 0) is 4.79 Å². The number of nitrogens with zero attached hydrogens (tertiary/aromatic N) is 1. The van der Waals surface area contributed by atoms with Gasteiger partial charge < -0.3 is 14.1 Å². The van der Waals surface area contributed by atoms with Gasteiger partial charge in [-0.3, -0.25) is 4.79 Å². The number of ether oxygens (including phenoxy) is 1. The van der Waals surface area contributed by atoms with Crippen molar-refractivity contribution in [3.8, 4) is 5.75 Å². The van der Waals surface area contributed by atoms with E-state index in [4.69, 9.17) is 9.15 Å². The Balaban J connectivity index is 1.74. The second-order valence-corrected chi connectivity index (χ2v) is 6.67. The second kappa shape index (κ2) is 6.67. The van der Waals surface area contributed by atoms with Gasteiger partial charge in [0.05, 0.1) is 0 Å². The zero-order chi connectivity index (χ0) is 17.3. The van der Waals surface area contributed by atoms with Gasteiger partial charge >= 0.3 is 5.63 Å². The zero-order valence-corrected chi connectivity index (χ0v) is 14.4. The van der Waals surface area contributed by atoms with Crippen molar-refractivity contribution in [1.82, 2.24) is 4.90 Å². The van der Waals surface area contributed by atoms with Crippen LogP contribution in [0.4, 0.5) is 0 Å². The molecule has 0 radical (unpaired) electrons. The SMILES string of the molecule is Cc1cc(=O)oc2cc(OC(C)C(=O)N3CCC(C)CC3)ccc12. The minimum absolute atomic E-state index is 0.00712. The summed E-state index contributed by atoms with van der Waals surface area (Å²) in [5.74, 6) is 1.21. The molecule has 2 aromatic rings. The van der Waals surface area contributed by atoms with E-state index in [1.54, 1.807) is 19.1 Å². The average Bonchev–Trinajstić information content (AvgIpc) is 2.54. The first-order valence-electron chi connectivity index (χ1n) is 8.44. The van der Waals surface area contributed by atoms with Gasteiger partial charge in [0.25, 0.3) is 5.91 Å². The molecule has 2 heterocycles. The molecule has 1 atom stereocenters. The highest BCUT2D eigenvalue weighted by Crippen LogP contribution is 2.24. The van der Waals surface area contributed by atoms with Crippen molar-refractivity contribution in [2.24, 2.45) is 5.92 Å². The number of benzene rings is 1. The molecule has 0 bridgehead atoms. The van der Waals surface area contributed by atoms with Crippen LogP contribution in [-0.4, -0.2) is 30.0 Å². The third-order valence-electron chi connectivity index (χ3n) is 4.68. The Morgan fingerprint density at radius 1 is 1.29 bits per heavy atom. The van der Waals surface area contributed by atoms with Crippen molar-refractivity contribution < 1.29 is 13.9 Å². The fourth-order valence-corrected chi connectivity index (χ4v) is 3.12. The molecule has 24 heavy (non-hydrogen) atoms. The molecule has 1 aliphatic rings. The van der Waals surface area contributed by atoms with Gasteiger partial charge in [-0.05, 0) is 50.3 Å². The topological polar surface area (TPSA) is 59.8 Å². The molecule has 1 aliphatic heterocycles. The lowest BCUT2D eigenvalue weighted by molar-refractivity contribution is -0.139. The van der Waals surface area contributed by atoms with Gasteiger partial charge in [-0.1, -0.05) is 6.92 Å². The first-order chi connectivity index (χ1) is 11.4. The third kappa shape index (κ3) is 3.45. The Labute approximate surface area is 141 Å². The van der Waals surface area contributed by atoms with E-state index >= 15 is 0 Å². The van der Waals surface area contributed by atoms with Crippen LogP contribution < -0.4 is 10.4 Å². The van der Waals surface area contributed by atoms with E-state index in [1.807, 2.05) is 17.9 Å². The van der Waals surface area contributed by atoms with Crippen LogP contribution in [0.5, 0.6) is 5.75 Å². The fourth-order valence-electron chi connectivity index (χ4n) is 3.12. The minimum Gasteiger partial charge on any atom is -0.481 e. The number of hydrogen-bond donors (Lipinski definition) is 0. The average molecular weight is 329 g/mol. The first kappa shape index (κ1) is 16.6. The summed E-state index contributed by atoms with van der Waals surface area (Å²) in [5, 5.41) is 0.867. The van der Waals surface area contributed by atoms with Gasteiger partial charge in [0.2, 0.25) is 0 Å². The summed E-state index contributed by atoms with van der Waals surface area (Å²) in [7, 11) is 0. The highest BCUT2D eigenvalue weighted by molar-refractivity contribution is 5.82. The molecule has 1 aromatic carbocycles. The van der Waals surface area contributed by atoms with Gasteiger partial charge in [0.1, 0.15) is 11.3 Å². The maximum atomic E-state index is 12.5. The number of rotatable bonds is 3. The number of carbonyl (C=O) groups excluding carboxylic acids is 1. The van der Waals surface area contributed by atoms with Gasteiger partial charge in [0.15, 0.2) is 6.10 Å². The molecule has 0 saturated carbocycles. The van der Waals surface area contributed by atoms with Crippen molar-refractivity contribution in [3.63, 3.8) is 0 Å². The van der Waals surface area contributed by atoms with Crippen LogP contribution in [0.15, 0.2) is 33.5 Å². The molecule has 0 aliphatic carbocycles. The molecule has 5 heteroatoms. The number of piperidine rings is 1. The van der Waals surface area contributed by atoms with E-state index in [9.17, 15) is 9.59 Å². The third-order valence-corrected chi connectivity index (χ3v) is 4.68. The first-order valence-corrected chi connectivity index (χ1v) is 8.44. The molecular weight excluding hydrogens is 306 g/mol. The summed E-state index contributed by atoms with van der Waals surface area (Å²) in [6.07, 6.45) is 1.52. The Morgan fingerprint density at radius 3 is 2.71 bits per heavy atom. The van der Waals surface area contributed by atoms with Crippen LogP contribution in [0.1, 0.15) is 32.3 Å². The van der Waals surface area contributed by atoms with Crippen LogP contribution >= 0.6 is 0 Å². The van der Waals surface area contributed by atoms with Crippen molar-refractivity contribution in [2.75, 3.05) is 13.1 Å². The number of carbonyl (C=O) groups is 1. The Morgan fingerprint density at radius 2 is 2.00 bits per heavy atom. The van der Waals surface area contributed by atoms with Crippen molar-refractivity contribution in [3.05, 3.63) is 40.2 Å². The van der Waals surface area contributed by atoms with E-state index in [1.165, 1.54) is 6.07 Å². The van der Waals surface area contributed by atoms with Gasteiger partial charge in [-0.15, -0.1) is 0 Å². The summed E-state index contributed by atoms with van der Waals surface area (Å²) in [6, 6.07) is 6.79. The highest BCUT2D eigenvalue weighted by Gasteiger charge is 2.25. The molecule has 3 rings (SSSR count). The number of fused-ring (bicyclic) bond motifs is 1. The van der Waals surface area contributed by atoms with Crippen molar-refractivity contribution >= 4 is 16.9 Å². The molecule has 1 fully saturated rings. The quantitative estimate of drug-likeness (QED) is 0.812. The molecule has 1 saturated heterocycles. The summed E-state index contributed by atoms with van der Waals surface area (Å²) in [4.78, 5) is 25.9. The number of aryl methyl sites for hydroxylation is 1. The Bertz CT molecular complexity index is 803. The summed E-state index contributed by atoms with van der Waals surface area (Å²) >= 11 is 0. The normalized spacial score (nSPS) is 17.0. The summed E-state index contributed by atoms with van der Waals surface area (Å²) in [6.45, 7) is 7.42. The van der Waals surface area contributed by atoms with Crippen LogP contribution in [0.2, 0.25) is 0 Å². The molecule has 0 N–H and O–H groups in total. The smallest absolute Gasteiger partial charge is 0.336 e. The largest absolute Gasteiger partial charge is 0.481 e. The molecule has 1 aromatic heterocycles. The molecule has 1 amide bonds. The lowest BCUT2D eigenvalue weighted by Gasteiger charge is -2.32. The Hall–Kier alpha value is -2.30. The highest BCUT2D eigenvalue weighted by atomic mass is 16.5. The van der Waals surface area contributed by atoms with Gasteiger partial charge in [0, 0.05) is 30.6 Å². The molecule has 128 valence electrons. The van der Waals surface area contributed by atoms with Crippen molar-refractivity contribution in [2.45, 2.75) is 39.7 Å². The monoisotopic (exact) mass is 329 g/mol.